The van der Waals surface area contributed by atoms with Crippen molar-refractivity contribution in [2.45, 2.75) is 33.1 Å². The second-order valence-electron chi connectivity index (χ2n) is 4.14. The van der Waals surface area contributed by atoms with Crippen molar-refractivity contribution < 1.29 is 0 Å². The van der Waals surface area contributed by atoms with E-state index in [0.29, 0.717) is 0 Å². The van der Waals surface area contributed by atoms with Crippen LogP contribution in [0.5, 0.6) is 0 Å². The Bertz CT molecular complexity index is 151. The Morgan fingerprint density at radius 1 is 1.58 bits per heavy atom. The van der Waals surface area contributed by atoms with E-state index in [4.69, 9.17) is 0 Å². The summed E-state index contributed by atoms with van der Waals surface area (Å²) in [5.41, 5.74) is 1.30. The Morgan fingerprint density at radius 3 is 2.92 bits per heavy atom. The summed E-state index contributed by atoms with van der Waals surface area (Å²) in [7, 11) is 0. The molecule has 1 nitrogen and oxygen atoms in total. The van der Waals surface area contributed by atoms with Crippen LogP contribution in [0.3, 0.4) is 0 Å². The Balaban J connectivity index is 2.21. The molecule has 1 rings (SSSR count). The van der Waals surface area contributed by atoms with Gasteiger partial charge in [0.1, 0.15) is 0 Å². The lowest BCUT2D eigenvalue weighted by Gasteiger charge is -2.15. The summed E-state index contributed by atoms with van der Waals surface area (Å²) in [5.74, 6) is 0.967. The highest BCUT2D eigenvalue weighted by atomic mass is 15.1. The Labute approximate surface area is 76.5 Å². The second kappa shape index (κ2) is 4.66. The van der Waals surface area contributed by atoms with Crippen LogP contribution in [0.15, 0.2) is 12.2 Å². The summed E-state index contributed by atoms with van der Waals surface area (Å²) >= 11 is 0. The molecule has 1 aliphatic heterocycles. The fourth-order valence-electron chi connectivity index (χ4n) is 2.08. The van der Waals surface area contributed by atoms with E-state index in [0.717, 1.165) is 12.5 Å². The minimum Gasteiger partial charge on any atom is -0.299 e. The minimum absolute atomic E-state index is 0.967. The number of hydrogen-bond acceptors (Lipinski definition) is 1. The molecule has 0 bridgehead atoms. The molecule has 0 saturated carbocycles. The monoisotopic (exact) mass is 167 g/mol. The average Bonchev–Trinajstić information content (AvgIpc) is 2.36. The van der Waals surface area contributed by atoms with Gasteiger partial charge in [-0.3, -0.25) is 4.90 Å². The SMILES string of the molecule is C=C(C)CN1CCC(CCC)C1. The van der Waals surface area contributed by atoms with Crippen molar-refractivity contribution in [2.24, 2.45) is 5.92 Å². The number of rotatable bonds is 4. The van der Waals surface area contributed by atoms with Crippen molar-refractivity contribution in [3.05, 3.63) is 12.2 Å². The van der Waals surface area contributed by atoms with Crippen LogP contribution in [0.1, 0.15) is 33.1 Å². The van der Waals surface area contributed by atoms with Crippen LogP contribution in [0, 0.1) is 5.92 Å². The molecule has 70 valence electrons. The fraction of sp³-hybridized carbons (Fsp3) is 0.818. The average molecular weight is 167 g/mol. The van der Waals surface area contributed by atoms with Gasteiger partial charge in [-0.1, -0.05) is 25.5 Å². The molecule has 1 heteroatoms. The van der Waals surface area contributed by atoms with Crippen LogP contribution in [0.2, 0.25) is 0 Å². The first-order chi connectivity index (χ1) is 5.72. The molecule has 0 aromatic rings. The zero-order valence-electron chi connectivity index (χ0n) is 8.47. The maximum absolute atomic E-state index is 3.95. The first-order valence-corrected chi connectivity index (χ1v) is 5.09. The predicted molar refractivity (Wildman–Crippen MR) is 54.3 cm³/mol. The molecular formula is C11H21N. The Kier molecular flexibility index (Phi) is 3.80. The highest BCUT2D eigenvalue weighted by molar-refractivity contribution is 4.93. The molecule has 1 atom stereocenters. The molecule has 1 fully saturated rings. The summed E-state index contributed by atoms with van der Waals surface area (Å²) in [4.78, 5) is 2.53. The molecule has 1 aliphatic rings. The topological polar surface area (TPSA) is 3.24 Å². The van der Waals surface area contributed by atoms with Gasteiger partial charge in [-0.05, 0) is 32.2 Å². The zero-order valence-corrected chi connectivity index (χ0v) is 8.47. The van der Waals surface area contributed by atoms with E-state index in [2.05, 4.69) is 25.3 Å². The normalized spacial score (nSPS) is 24.7. The molecule has 0 aromatic heterocycles. The van der Waals surface area contributed by atoms with Crippen LogP contribution in [0.25, 0.3) is 0 Å². The maximum atomic E-state index is 3.95. The van der Waals surface area contributed by atoms with Gasteiger partial charge in [0.25, 0.3) is 0 Å². The smallest absolute Gasteiger partial charge is 0.0187 e. The molecule has 0 aliphatic carbocycles. The van der Waals surface area contributed by atoms with Gasteiger partial charge in [-0.2, -0.15) is 0 Å². The minimum atomic E-state index is 0.967. The lowest BCUT2D eigenvalue weighted by atomic mass is 10.0. The molecule has 0 N–H and O–H groups in total. The predicted octanol–water partition coefficient (Wildman–Crippen LogP) is 2.68. The van der Waals surface area contributed by atoms with Gasteiger partial charge in [-0.15, -0.1) is 0 Å². The summed E-state index contributed by atoms with van der Waals surface area (Å²) in [6.07, 6.45) is 4.15. The highest BCUT2D eigenvalue weighted by Crippen LogP contribution is 2.20. The van der Waals surface area contributed by atoms with Gasteiger partial charge in [-0.25, -0.2) is 0 Å². The van der Waals surface area contributed by atoms with Crippen molar-refractivity contribution in [3.63, 3.8) is 0 Å². The van der Waals surface area contributed by atoms with Crippen molar-refractivity contribution >= 4 is 0 Å². The van der Waals surface area contributed by atoms with Crippen molar-refractivity contribution in [1.82, 2.24) is 4.90 Å². The lowest BCUT2D eigenvalue weighted by Crippen LogP contribution is -2.22. The van der Waals surface area contributed by atoms with Crippen LogP contribution in [-0.4, -0.2) is 24.5 Å². The zero-order chi connectivity index (χ0) is 8.97. The summed E-state index contributed by atoms with van der Waals surface area (Å²) in [6, 6.07) is 0. The lowest BCUT2D eigenvalue weighted by molar-refractivity contribution is 0.346. The molecule has 1 saturated heterocycles. The first-order valence-electron chi connectivity index (χ1n) is 5.09. The third-order valence-electron chi connectivity index (χ3n) is 2.56. The van der Waals surface area contributed by atoms with E-state index in [1.54, 1.807) is 0 Å². The van der Waals surface area contributed by atoms with E-state index in [-0.39, 0.29) is 0 Å². The van der Waals surface area contributed by atoms with Gasteiger partial charge >= 0.3 is 0 Å². The van der Waals surface area contributed by atoms with E-state index < -0.39 is 0 Å². The third kappa shape index (κ3) is 2.98. The largest absolute Gasteiger partial charge is 0.299 e. The summed E-state index contributed by atoms with van der Waals surface area (Å²) < 4.78 is 0. The van der Waals surface area contributed by atoms with E-state index >= 15 is 0 Å². The van der Waals surface area contributed by atoms with Gasteiger partial charge < -0.3 is 0 Å². The van der Waals surface area contributed by atoms with Crippen molar-refractivity contribution in [2.75, 3.05) is 19.6 Å². The Morgan fingerprint density at radius 2 is 2.33 bits per heavy atom. The Hall–Kier alpha value is -0.300. The molecular weight excluding hydrogens is 146 g/mol. The number of likely N-dealkylation sites (tertiary alicyclic amines) is 1. The van der Waals surface area contributed by atoms with Crippen LogP contribution >= 0.6 is 0 Å². The van der Waals surface area contributed by atoms with Gasteiger partial charge in [0.2, 0.25) is 0 Å². The van der Waals surface area contributed by atoms with Crippen molar-refractivity contribution in [1.29, 1.82) is 0 Å². The molecule has 0 radical (unpaired) electrons. The quantitative estimate of drug-likeness (QED) is 0.582. The molecule has 1 heterocycles. The molecule has 0 spiro atoms. The van der Waals surface area contributed by atoms with Crippen LogP contribution < -0.4 is 0 Å². The second-order valence-corrected chi connectivity index (χ2v) is 4.14. The summed E-state index contributed by atoms with van der Waals surface area (Å²) in [5, 5.41) is 0. The van der Waals surface area contributed by atoms with E-state index in [9.17, 15) is 0 Å². The van der Waals surface area contributed by atoms with E-state index in [1.807, 2.05) is 0 Å². The summed E-state index contributed by atoms with van der Waals surface area (Å²) in [6.45, 7) is 12.1. The molecule has 1 unspecified atom stereocenters. The first kappa shape index (κ1) is 9.79. The highest BCUT2D eigenvalue weighted by Gasteiger charge is 2.20. The third-order valence-corrected chi connectivity index (χ3v) is 2.56. The van der Waals surface area contributed by atoms with Crippen LogP contribution in [-0.2, 0) is 0 Å². The number of hydrogen-bond donors (Lipinski definition) is 0. The number of nitrogens with zero attached hydrogens (tertiary/aromatic N) is 1. The molecule has 0 aromatic carbocycles. The molecule has 0 amide bonds. The van der Waals surface area contributed by atoms with E-state index in [1.165, 1.54) is 37.9 Å². The molecule has 12 heavy (non-hydrogen) atoms. The van der Waals surface area contributed by atoms with Crippen LogP contribution in [0.4, 0.5) is 0 Å². The fourth-order valence-corrected chi connectivity index (χ4v) is 2.08. The van der Waals surface area contributed by atoms with Gasteiger partial charge in [0.15, 0.2) is 0 Å². The van der Waals surface area contributed by atoms with Gasteiger partial charge in [0.05, 0.1) is 0 Å². The standard InChI is InChI=1S/C11H21N/c1-4-5-11-6-7-12(9-11)8-10(2)3/h11H,2,4-9H2,1,3H3. The maximum Gasteiger partial charge on any atom is 0.0187 e. The van der Waals surface area contributed by atoms with Crippen molar-refractivity contribution in [3.8, 4) is 0 Å². The van der Waals surface area contributed by atoms with Gasteiger partial charge in [0, 0.05) is 13.1 Å².